The van der Waals surface area contributed by atoms with Gasteiger partial charge in [0.15, 0.2) is 18.9 Å². The predicted octanol–water partition coefficient (Wildman–Crippen LogP) is -2.10. The van der Waals surface area contributed by atoms with Gasteiger partial charge in [0.25, 0.3) is 0 Å². The summed E-state index contributed by atoms with van der Waals surface area (Å²) in [7, 11) is 0. The lowest BCUT2D eigenvalue weighted by molar-refractivity contribution is -0.310. The van der Waals surface area contributed by atoms with E-state index in [0.29, 0.717) is 0 Å². The number of nitrogens with zero attached hydrogens (tertiary/aromatic N) is 15. The Morgan fingerprint density at radius 1 is 0.500 bits per heavy atom. The standard InChI is InChI=1S/C23H35N15O14/c24-34-29-2-7-13(42)15(44)10(32-37-27)21(47-7)51-19-9(4-40)49-23(17(19)46)52-20-12(41)5(30-35-25)1-6(31-36-26)18(20)50-22-11(33-38-28)16(45)14(43)8(3-39)48-22/h5-23,39-46H,1-4H2/t5-,6?,7+,8?,9-,10?,11?,12?,13-,14-,15?,16-,17?,18-,19+,20-,21-,22-,23+/m1/s1. The normalized spacial score (nSPS) is 44.5. The smallest absolute Gasteiger partial charge is 0.187 e. The number of rotatable bonds is 14. The van der Waals surface area contributed by atoms with Gasteiger partial charge in [-0.25, -0.2) is 0 Å². The fourth-order valence-electron chi connectivity index (χ4n) is 6.28. The van der Waals surface area contributed by atoms with Gasteiger partial charge >= 0.3 is 0 Å². The molecule has 0 aromatic rings. The molecule has 29 nitrogen and oxygen atoms in total. The summed E-state index contributed by atoms with van der Waals surface area (Å²) in [4.78, 5) is 13.2. The molecule has 1 saturated carbocycles. The zero-order valence-electron chi connectivity index (χ0n) is 26.5. The highest BCUT2D eigenvalue weighted by atomic mass is 16.8. The van der Waals surface area contributed by atoms with Crippen LogP contribution in [-0.2, 0) is 28.4 Å². The Hall–Kier alpha value is -4.01. The van der Waals surface area contributed by atoms with Gasteiger partial charge in [-0.05, 0) is 34.1 Å². The van der Waals surface area contributed by atoms with Crippen LogP contribution in [0.15, 0.2) is 25.6 Å². The summed E-state index contributed by atoms with van der Waals surface area (Å²) in [5.41, 5.74) is 45.3. The molecule has 52 heavy (non-hydrogen) atoms. The van der Waals surface area contributed by atoms with Crippen LogP contribution in [0.5, 0.6) is 0 Å². The summed E-state index contributed by atoms with van der Waals surface area (Å²) in [6, 6.07) is -6.05. The van der Waals surface area contributed by atoms with E-state index in [9.17, 15) is 46.4 Å². The van der Waals surface area contributed by atoms with Gasteiger partial charge in [0.2, 0.25) is 0 Å². The Kier molecular flexibility index (Phi) is 14.6. The molecule has 4 rings (SSSR count). The molecule has 3 saturated heterocycles. The van der Waals surface area contributed by atoms with E-state index in [4.69, 9.17) is 50.5 Å². The Labute approximate surface area is 289 Å². The Morgan fingerprint density at radius 3 is 1.52 bits per heavy atom. The summed E-state index contributed by atoms with van der Waals surface area (Å²) < 4.78 is 34.4. The minimum Gasteiger partial charge on any atom is -0.394 e. The maximum absolute atomic E-state index is 11.3. The van der Waals surface area contributed by atoms with Crippen molar-refractivity contribution in [2.24, 2.45) is 25.6 Å². The van der Waals surface area contributed by atoms with Crippen molar-refractivity contribution in [3.8, 4) is 0 Å². The van der Waals surface area contributed by atoms with Crippen LogP contribution in [0.4, 0.5) is 0 Å². The molecule has 4 aliphatic rings. The Balaban J connectivity index is 1.65. The lowest BCUT2D eigenvalue weighted by Crippen LogP contribution is -2.63. The summed E-state index contributed by atoms with van der Waals surface area (Å²) in [5, 5.41) is 102. The first-order chi connectivity index (χ1) is 25.0. The van der Waals surface area contributed by atoms with Gasteiger partial charge in [0, 0.05) is 24.6 Å². The second kappa shape index (κ2) is 18.7. The SMILES string of the molecule is [N-]=[N+]=NC[C@@H]1O[C@H](O[C@@H]2C(O)[C@H](O[C@@H]3C(O)[C@H](N=[N+]=[N-])CC(N=[N+]=[N-])[C@H]3O[C@H]3OC(CO)[C@@H](O)[C@H](O)C3N=[N+]=[N-])O[C@@H]2CO)C(N=[N+]=[N-])C(O)[C@@H]1O. The largest absolute Gasteiger partial charge is 0.394 e. The highest BCUT2D eigenvalue weighted by Gasteiger charge is 2.55. The van der Waals surface area contributed by atoms with Crippen molar-refractivity contribution in [3.05, 3.63) is 52.2 Å². The van der Waals surface area contributed by atoms with E-state index in [0.717, 1.165) is 0 Å². The van der Waals surface area contributed by atoms with Gasteiger partial charge in [-0.1, -0.05) is 25.6 Å². The van der Waals surface area contributed by atoms with Crippen LogP contribution in [0.1, 0.15) is 6.42 Å². The molecule has 3 aliphatic heterocycles. The lowest BCUT2D eigenvalue weighted by atomic mass is 9.84. The van der Waals surface area contributed by atoms with Crippen molar-refractivity contribution in [3.63, 3.8) is 0 Å². The van der Waals surface area contributed by atoms with Crippen LogP contribution in [0, 0.1) is 0 Å². The monoisotopic (exact) mass is 745 g/mol. The van der Waals surface area contributed by atoms with Gasteiger partial charge < -0.3 is 69.3 Å². The van der Waals surface area contributed by atoms with Crippen LogP contribution in [0.2, 0.25) is 0 Å². The summed E-state index contributed by atoms with van der Waals surface area (Å²) in [6.07, 6.45) is -26.0. The van der Waals surface area contributed by atoms with Crippen LogP contribution < -0.4 is 0 Å². The third kappa shape index (κ3) is 8.61. The molecule has 7 unspecified atom stereocenters. The average Bonchev–Trinajstić information content (AvgIpc) is 3.43. The van der Waals surface area contributed by atoms with Gasteiger partial charge in [0.05, 0.1) is 62.4 Å². The number of aliphatic hydroxyl groups is 8. The Morgan fingerprint density at radius 2 is 0.981 bits per heavy atom. The first-order valence-corrected chi connectivity index (χ1v) is 15.4. The molecule has 4 fully saturated rings. The fraction of sp³-hybridized carbons (Fsp3) is 1.00. The molecule has 0 radical (unpaired) electrons. The lowest BCUT2D eigenvalue weighted by Gasteiger charge is -2.46. The van der Waals surface area contributed by atoms with Crippen molar-refractivity contribution < 1.29 is 69.3 Å². The zero-order chi connectivity index (χ0) is 38.1. The molecule has 0 aromatic carbocycles. The van der Waals surface area contributed by atoms with Crippen molar-refractivity contribution >= 4 is 0 Å². The van der Waals surface area contributed by atoms with Crippen LogP contribution in [0.3, 0.4) is 0 Å². The van der Waals surface area contributed by atoms with Gasteiger partial charge in [-0.2, -0.15) is 0 Å². The average molecular weight is 746 g/mol. The second-order valence-electron chi connectivity index (χ2n) is 11.8. The second-order valence-corrected chi connectivity index (χ2v) is 11.8. The quantitative estimate of drug-likeness (QED) is 0.0536. The topological polar surface area (TPSA) is 461 Å². The fourth-order valence-corrected chi connectivity index (χ4v) is 6.28. The van der Waals surface area contributed by atoms with E-state index >= 15 is 0 Å². The number of azide groups is 5. The zero-order valence-corrected chi connectivity index (χ0v) is 26.5. The van der Waals surface area contributed by atoms with Crippen molar-refractivity contribution in [1.29, 1.82) is 0 Å². The van der Waals surface area contributed by atoms with Crippen LogP contribution >= 0.6 is 0 Å². The van der Waals surface area contributed by atoms with Crippen molar-refractivity contribution in [2.45, 2.75) is 123 Å². The number of hydrogen-bond acceptors (Lipinski definition) is 19. The predicted molar refractivity (Wildman–Crippen MR) is 161 cm³/mol. The van der Waals surface area contributed by atoms with Gasteiger partial charge in [-0.15, -0.1) is 0 Å². The molecule has 8 N–H and O–H groups in total. The molecule has 19 atom stereocenters. The maximum atomic E-state index is 11.3. The van der Waals surface area contributed by atoms with Crippen molar-refractivity contribution in [2.75, 3.05) is 19.8 Å². The minimum atomic E-state index is -1.92. The van der Waals surface area contributed by atoms with E-state index in [-0.39, 0.29) is 6.42 Å². The van der Waals surface area contributed by atoms with E-state index in [2.05, 4.69) is 50.1 Å². The molecule has 0 aromatic heterocycles. The summed E-state index contributed by atoms with van der Waals surface area (Å²) in [6.45, 7) is -2.21. The molecule has 0 bridgehead atoms. The summed E-state index contributed by atoms with van der Waals surface area (Å²) in [5.74, 6) is 0. The Bertz CT molecular complexity index is 1470. The van der Waals surface area contributed by atoms with Crippen LogP contribution in [-0.4, -0.2) is 177 Å². The number of aliphatic hydroxyl groups excluding tert-OH is 8. The van der Waals surface area contributed by atoms with Gasteiger partial charge in [-0.3, -0.25) is 0 Å². The van der Waals surface area contributed by atoms with E-state index < -0.39 is 136 Å². The molecule has 0 amide bonds. The van der Waals surface area contributed by atoms with E-state index in [1.165, 1.54) is 0 Å². The first-order valence-electron chi connectivity index (χ1n) is 15.4. The number of hydrogen-bond donors (Lipinski definition) is 8. The molecule has 286 valence electrons. The van der Waals surface area contributed by atoms with Crippen LogP contribution in [0.25, 0.3) is 52.2 Å². The van der Waals surface area contributed by atoms with Crippen molar-refractivity contribution in [1.82, 2.24) is 0 Å². The molecular formula is C23H35N15O14. The third-order valence-electron chi connectivity index (χ3n) is 8.87. The molecule has 3 heterocycles. The molecule has 0 spiro atoms. The van der Waals surface area contributed by atoms with E-state index in [1.54, 1.807) is 0 Å². The molecular weight excluding hydrogens is 710 g/mol. The first kappa shape index (κ1) is 40.8. The molecule has 1 aliphatic carbocycles. The number of ether oxygens (including phenoxy) is 6. The highest BCUT2D eigenvalue weighted by Crippen LogP contribution is 2.37. The minimum absolute atomic E-state index is 0.364. The third-order valence-corrected chi connectivity index (χ3v) is 8.87. The molecule has 29 heteroatoms. The maximum Gasteiger partial charge on any atom is 0.187 e. The van der Waals surface area contributed by atoms with Gasteiger partial charge in [0.1, 0.15) is 54.8 Å². The highest BCUT2D eigenvalue weighted by molar-refractivity contribution is 5.04. The van der Waals surface area contributed by atoms with E-state index in [1.807, 2.05) is 0 Å². The summed E-state index contributed by atoms with van der Waals surface area (Å²) >= 11 is 0.